The van der Waals surface area contributed by atoms with Gasteiger partial charge in [-0.15, -0.1) is 0 Å². The van der Waals surface area contributed by atoms with Crippen LogP contribution in [0.15, 0.2) is 24.3 Å². The average molecular weight is 402 g/mol. The largest absolute Gasteiger partial charge is 0.300 e. The summed E-state index contributed by atoms with van der Waals surface area (Å²) in [4.78, 5) is 22.4. The highest BCUT2D eigenvalue weighted by Gasteiger charge is 2.23. The van der Waals surface area contributed by atoms with E-state index in [1.165, 1.54) is 70.6 Å². The van der Waals surface area contributed by atoms with Crippen LogP contribution in [0.2, 0.25) is 0 Å². The second-order valence-electron chi connectivity index (χ2n) is 8.81. The van der Waals surface area contributed by atoms with E-state index in [9.17, 15) is 14.9 Å². The van der Waals surface area contributed by atoms with Crippen LogP contribution in [-0.4, -0.2) is 10.7 Å². The summed E-state index contributed by atoms with van der Waals surface area (Å²) in [6.07, 6.45) is 19.9. The summed E-state index contributed by atoms with van der Waals surface area (Å²) < 4.78 is 0. The van der Waals surface area contributed by atoms with Crippen molar-refractivity contribution in [3.63, 3.8) is 0 Å². The Morgan fingerprint density at radius 2 is 1.34 bits per heavy atom. The third kappa shape index (κ3) is 11.2. The first-order valence-corrected chi connectivity index (χ1v) is 11.9. The van der Waals surface area contributed by atoms with Gasteiger partial charge in [-0.05, 0) is 38.0 Å². The highest BCUT2D eigenvalue weighted by Crippen LogP contribution is 2.33. The molecule has 0 spiro atoms. The summed E-state index contributed by atoms with van der Waals surface area (Å²) in [5.74, 6) is 1.24. The molecule has 162 valence electrons. The molecule has 1 aromatic rings. The van der Waals surface area contributed by atoms with Crippen molar-refractivity contribution in [3.8, 4) is 0 Å². The number of aryl methyl sites for hydroxylation is 1. The van der Waals surface area contributed by atoms with Gasteiger partial charge in [0.2, 0.25) is 0 Å². The number of carbonyl (C=O) groups excluding carboxylic acids is 1. The molecule has 0 radical (unpaired) electrons. The molecule has 4 heteroatoms. The normalized spacial score (nSPS) is 13.5. The van der Waals surface area contributed by atoms with Gasteiger partial charge < -0.3 is 0 Å². The number of rotatable bonds is 18. The maximum absolute atomic E-state index is 11.7. The number of hydrogen-bond acceptors (Lipinski definition) is 3. The molecule has 1 aliphatic carbocycles. The Bertz CT molecular complexity index is 610. The minimum absolute atomic E-state index is 0.261. The van der Waals surface area contributed by atoms with Crippen LogP contribution in [0, 0.1) is 16.0 Å². The van der Waals surface area contributed by atoms with Gasteiger partial charge in [0.05, 0.1) is 4.92 Å². The first-order chi connectivity index (χ1) is 14.2. The standard InChI is InChI=1S/C25H39NO3/c27-24(21-22-19-20-22)17-12-10-8-6-4-2-1-3-5-7-9-11-15-23-16-13-14-18-25(23)26(28)29/h13-14,16,18,22H,1-12,15,17,19-21H2. The van der Waals surface area contributed by atoms with Gasteiger partial charge in [-0.2, -0.15) is 0 Å². The van der Waals surface area contributed by atoms with Gasteiger partial charge in [-0.25, -0.2) is 0 Å². The van der Waals surface area contributed by atoms with Crippen LogP contribution in [0.3, 0.4) is 0 Å². The Morgan fingerprint density at radius 3 is 1.90 bits per heavy atom. The molecule has 0 aromatic heterocycles. The van der Waals surface area contributed by atoms with E-state index in [-0.39, 0.29) is 10.6 Å². The summed E-state index contributed by atoms with van der Waals surface area (Å²) in [7, 11) is 0. The molecule has 0 bridgehead atoms. The van der Waals surface area contributed by atoms with Crippen LogP contribution in [0.5, 0.6) is 0 Å². The molecule has 0 saturated heterocycles. The number of hydrogen-bond donors (Lipinski definition) is 0. The molecule has 1 aromatic carbocycles. The molecule has 0 N–H and O–H groups in total. The lowest BCUT2D eigenvalue weighted by Crippen LogP contribution is -1.98. The molecule has 0 atom stereocenters. The summed E-state index contributed by atoms with van der Waals surface area (Å²) >= 11 is 0. The van der Waals surface area contributed by atoms with Crippen LogP contribution < -0.4 is 0 Å². The number of ketones is 1. The monoisotopic (exact) mass is 401 g/mol. The van der Waals surface area contributed by atoms with Gasteiger partial charge >= 0.3 is 0 Å². The number of benzene rings is 1. The van der Waals surface area contributed by atoms with E-state index >= 15 is 0 Å². The molecule has 1 fully saturated rings. The second-order valence-corrected chi connectivity index (χ2v) is 8.81. The quantitative estimate of drug-likeness (QED) is 0.145. The van der Waals surface area contributed by atoms with Crippen molar-refractivity contribution in [3.05, 3.63) is 39.9 Å². The van der Waals surface area contributed by atoms with Crippen LogP contribution in [0.4, 0.5) is 5.69 Å². The number of carbonyl (C=O) groups is 1. The van der Waals surface area contributed by atoms with E-state index in [2.05, 4.69) is 0 Å². The molecule has 0 amide bonds. The molecular formula is C25H39NO3. The fourth-order valence-electron chi connectivity index (χ4n) is 4.05. The van der Waals surface area contributed by atoms with Gasteiger partial charge in [0, 0.05) is 24.5 Å². The number of para-hydroxylation sites is 1. The summed E-state index contributed by atoms with van der Waals surface area (Å²) in [5, 5.41) is 11.0. The Balaban J connectivity index is 1.32. The Kier molecular flexibility index (Phi) is 11.6. The van der Waals surface area contributed by atoms with Crippen LogP contribution >= 0.6 is 0 Å². The lowest BCUT2D eigenvalue weighted by atomic mass is 10.0. The van der Waals surface area contributed by atoms with Crippen molar-refractivity contribution in [2.24, 2.45) is 5.92 Å². The van der Waals surface area contributed by atoms with E-state index in [0.717, 1.165) is 50.0 Å². The average Bonchev–Trinajstić information content (AvgIpc) is 3.52. The van der Waals surface area contributed by atoms with Crippen molar-refractivity contribution in [1.29, 1.82) is 0 Å². The molecule has 0 aliphatic heterocycles. The number of nitrogens with zero attached hydrogens (tertiary/aromatic N) is 1. The fourth-order valence-corrected chi connectivity index (χ4v) is 4.05. The molecule has 4 nitrogen and oxygen atoms in total. The number of Topliss-reactive ketones (excluding diaryl/α,β-unsaturated/α-hetero) is 1. The predicted octanol–water partition coefficient (Wildman–Crippen LogP) is 7.58. The zero-order valence-electron chi connectivity index (χ0n) is 18.1. The maximum atomic E-state index is 11.7. The van der Waals surface area contributed by atoms with E-state index < -0.39 is 0 Å². The summed E-state index contributed by atoms with van der Waals surface area (Å²) in [6, 6.07) is 7.10. The molecule has 2 rings (SSSR count). The van der Waals surface area contributed by atoms with Crippen LogP contribution in [0.25, 0.3) is 0 Å². The fraction of sp³-hybridized carbons (Fsp3) is 0.720. The zero-order valence-corrected chi connectivity index (χ0v) is 18.1. The van der Waals surface area contributed by atoms with Gasteiger partial charge in [0.25, 0.3) is 5.69 Å². The highest BCUT2D eigenvalue weighted by atomic mass is 16.6. The number of unbranched alkanes of at least 4 members (excludes halogenated alkanes) is 11. The van der Waals surface area contributed by atoms with Gasteiger partial charge in [0.1, 0.15) is 5.78 Å². The lowest BCUT2D eigenvalue weighted by molar-refractivity contribution is -0.385. The smallest absolute Gasteiger partial charge is 0.272 e. The minimum atomic E-state index is -0.274. The molecular weight excluding hydrogens is 362 g/mol. The molecule has 1 saturated carbocycles. The van der Waals surface area contributed by atoms with Gasteiger partial charge in [0.15, 0.2) is 0 Å². The summed E-state index contributed by atoms with van der Waals surface area (Å²) in [5.41, 5.74) is 1.13. The molecule has 0 unspecified atom stereocenters. The van der Waals surface area contributed by atoms with Gasteiger partial charge in [-0.1, -0.05) is 82.4 Å². The molecule has 0 heterocycles. The van der Waals surface area contributed by atoms with Crippen molar-refractivity contribution < 1.29 is 9.72 Å². The zero-order chi connectivity index (χ0) is 20.7. The first kappa shape index (κ1) is 23.6. The Labute approximate surface area is 176 Å². The third-order valence-electron chi connectivity index (χ3n) is 6.05. The van der Waals surface area contributed by atoms with E-state index in [4.69, 9.17) is 0 Å². The topological polar surface area (TPSA) is 60.2 Å². The second kappa shape index (κ2) is 14.3. The molecule has 29 heavy (non-hydrogen) atoms. The Hall–Kier alpha value is -1.71. The SMILES string of the molecule is O=C(CCCCCCCCCCCCCCc1ccccc1[N+](=O)[O-])CC1CC1. The van der Waals surface area contributed by atoms with Crippen molar-refractivity contribution in [1.82, 2.24) is 0 Å². The molecule has 1 aliphatic rings. The van der Waals surface area contributed by atoms with Crippen LogP contribution in [-0.2, 0) is 11.2 Å². The number of nitro groups is 1. The van der Waals surface area contributed by atoms with Crippen molar-refractivity contribution in [2.75, 3.05) is 0 Å². The van der Waals surface area contributed by atoms with E-state index in [1.54, 1.807) is 12.1 Å². The number of nitro benzene ring substituents is 1. The Morgan fingerprint density at radius 1 is 0.828 bits per heavy atom. The highest BCUT2D eigenvalue weighted by molar-refractivity contribution is 5.78. The third-order valence-corrected chi connectivity index (χ3v) is 6.05. The summed E-state index contributed by atoms with van der Waals surface area (Å²) in [6.45, 7) is 0. The maximum Gasteiger partial charge on any atom is 0.272 e. The lowest BCUT2D eigenvalue weighted by Gasteiger charge is -2.04. The minimum Gasteiger partial charge on any atom is -0.300 e. The van der Waals surface area contributed by atoms with E-state index in [0.29, 0.717) is 5.78 Å². The first-order valence-electron chi connectivity index (χ1n) is 11.9. The van der Waals surface area contributed by atoms with Gasteiger partial charge in [-0.3, -0.25) is 14.9 Å². The van der Waals surface area contributed by atoms with Crippen molar-refractivity contribution in [2.45, 2.75) is 109 Å². The predicted molar refractivity (Wildman–Crippen MR) is 119 cm³/mol. The van der Waals surface area contributed by atoms with E-state index in [1.807, 2.05) is 12.1 Å². The van der Waals surface area contributed by atoms with Crippen molar-refractivity contribution >= 4 is 11.5 Å². The van der Waals surface area contributed by atoms with Crippen LogP contribution in [0.1, 0.15) is 108 Å².